The molecule has 1 heterocycles. The van der Waals surface area contributed by atoms with Crippen LogP contribution in [0, 0.1) is 5.82 Å². The van der Waals surface area contributed by atoms with Crippen LogP contribution in [0.3, 0.4) is 0 Å². The van der Waals surface area contributed by atoms with Crippen molar-refractivity contribution in [2.75, 3.05) is 11.1 Å². The molecular formula is C26H21FN4O2S. The lowest BCUT2D eigenvalue weighted by molar-refractivity contribution is -0.115. The molecule has 0 aliphatic heterocycles. The number of para-hydroxylation sites is 2. The molecule has 3 aromatic carbocycles. The Morgan fingerprint density at radius 1 is 1.00 bits per heavy atom. The number of thioether (sulfide) groups is 1. The quantitative estimate of drug-likeness (QED) is 0.282. The fourth-order valence-corrected chi connectivity index (χ4v) is 3.99. The third-order valence-corrected chi connectivity index (χ3v) is 5.91. The molecule has 0 unspecified atom stereocenters. The summed E-state index contributed by atoms with van der Waals surface area (Å²) in [7, 11) is 0. The summed E-state index contributed by atoms with van der Waals surface area (Å²) in [5, 5.41) is 7.50. The summed E-state index contributed by atoms with van der Waals surface area (Å²) in [5.41, 5.74) is 8.71. The molecule has 4 aromatic rings. The molecule has 0 aliphatic rings. The van der Waals surface area contributed by atoms with Crippen molar-refractivity contribution < 1.29 is 14.0 Å². The van der Waals surface area contributed by atoms with Crippen LogP contribution in [0.1, 0.15) is 5.56 Å². The van der Waals surface area contributed by atoms with Crippen molar-refractivity contribution in [1.29, 1.82) is 0 Å². The zero-order valence-electron chi connectivity index (χ0n) is 18.0. The van der Waals surface area contributed by atoms with Crippen LogP contribution in [0.2, 0.25) is 0 Å². The first kappa shape index (κ1) is 23.0. The molecule has 34 heavy (non-hydrogen) atoms. The number of aromatic nitrogens is 2. The summed E-state index contributed by atoms with van der Waals surface area (Å²) in [6.45, 7) is 0. The number of carbonyl (C=O) groups is 2. The Balaban J connectivity index is 1.60. The van der Waals surface area contributed by atoms with Crippen molar-refractivity contribution in [1.82, 2.24) is 9.78 Å². The predicted molar refractivity (Wildman–Crippen MR) is 133 cm³/mol. The number of halogens is 1. The number of hydrogen-bond acceptors (Lipinski definition) is 4. The van der Waals surface area contributed by atoms with Gasteiger partial charge in [-0.2, -0.15) is 5.10 Å². The van der Waals surface area contributed by atoms with Crippen molar-refractivity contribution in [3.8, 4) is 16.9 Å². The summed E-state index contributed by atoms with van der Waals surface area (Å²) >= 11 is 1.26. The van der Waals surface area contributed by atoms with Gasteiger partial charge in [0, 0.05) is 28.3 Å². The van der Waals surface area contributed by atoms with Gasteiger partial charge in [0.15, 0.2) is 0 Å². The molecule has 0 saturated heterocycles. The number of hydrogen-bond donors (Lipinski definition) is 2. The van der Waals surface area contributed by atoms with E-state index in [4.69, 9.17) is 5.73 Å². The topological polar surface area (TPSA) is 90.0 Å². The monoisotopic (exact) mass is 472 g/mol. The maximum Gasteiger partial charge on any atom is 0.248 e. The number of benzene rings is 3. The second-order valence-corrected chi connectivity index (χ2v) is 8.31. The molecule has 8 heteroatoms. The van der Waals surface area contributed by atoms with Crippen LogP contribution in [-0.2, 0) is 9.59 Å². The summed E-state index contributed by atoms with van der Waals surface area (Å²) < 4.78 is 15.2. The number of anilines is 1. The molecular weight excluding hydrogens is 451 g/mol. The van der Waals surface area contributed by atoms with Crippen LogP contribution >= 0.6 is 11.8 Å². The van der Waals surface area contributed by atoms with Crippen LogP contribution in [0.5, 0.6) is 0 Å². The van der Waals surface area contributed by atoms with E-state index in [1.165, 1.54) is 30.0 Å². The van der Waals surface area contributed by atoms with E-state index in [1.54, 1.807) is 35.0 Å². The average molecular weight is 473 g/mol. The minimum Gasteiger partial charge on any atom is -0.369 e. The maximum atomic E-state index is 13.4. The first-order valence-corrected chi connectivity index (χ1v) is 11.4. The first-order valence-electron chi connectivity index (χ1n) is 10.4. The highest BCUT2D eigenvalue weighted by Crippen LogP contribution is 2.27. The molecule has 0 saturated carbocycles. The van der Waals surface area contributed by atoms with Crippen molar-refractivity contribution in [2.24, 2.45) is 5.73 Å². The zero-order chi connectivity index (χ0) is 23.9. The molecule has 0 spiro atoms. The maximum absolute atomic E-state index is 13.4. The standard InChI is InChI=1S/C26H21FN4O2S/c27-20-13-10-18(11-14-20)26-19(16-31(30-26)21-6-2-1-3-7-21)12-15-25(33)29-22-8-4-5-9-23(22)34-17-24(28)32/h1-16H,17H2,(H2,28,32)(H,29,33). The summed E-state index contributed by atoms with van der Waals surface area (Å²) in [6.07, 6.45) is 4.89. The fourth-order valence-electron chi connectivity index (χ4n) is 3.24. The van der Waals surface area contributed by atoms with Gasteiger partial charge in [-0.05, 0) is 54.6 Å². The second kappa shape index (κ2) is 10.6. The third kappa shape index (κ3) is 5.79. The molecule has 0 aliphatic carbocycles. The van der Waals surface area contributed by atoms with E-state index in [9.17, 15) is 14.0 Å². The number of nitrogens with zero attached hydrogens (tertiary/aromatic N) is 2. The average Bonchev–Trinajstić information content (AvgIpc) is 3.27. The Morgan fingerprint density at radius 3 is 2.44 bits per heavy atom. The highest BCUT2D eigenvalue weighted by Gasteiger charge is 2.12. The predicted octanol–water partition coefficient (Wildman–Crippen LogP) is 4.91. The van der Waals surface area contributed by atoms with Crippen molar-refractivity contribution in [3.05, 3.63) is 103 Å². The lowest BCUT2D eigenvalue weighted by Crippen LogP contribution is -2.13. The number of amides is 2. The molecule has 0 fully saturated rings. The van der Waals surface area contributed by atoms with Gasteiger partial charge >= 0.3 is 0 Å². The lowest BCUT2D eigenvalue weighted by atomic mass is 10.1. The minimum atomic E-state index is -0.435. The Morgan fingerprint density at radius 2 is 1.71 bits per heavy atom. The van der Waals surface area contributed by atoms with Crippen molar-refractivity contribution >= 4 is 35.3 Å². The van der Waals surface area contributed by atoms with Gasteiger partial charge in [-0.3, -0.25) is 9.59 Å². The van der Waals surface area contributed by atoms with Gasteiger partial charge in [-0.15, -0.1) is 11.8 Å². The van der Waals surface area contributed by atoms with Gasteiger partial charge < -0.3 is 11.1 Å². The molecule has 2 amide bonds. The largest absolute Gasteiger partial charge is 0.369 e. The van der Waals surface area contributed by atoms with Crippen LogP contribution in [0.25, 0.3) is 23.0 Å². The smallest absolute Gasteiger partial charge is 0.248 e. The number of nitrogens with one attached hydrogen (secondary N) is 1. The Kier molecular flexibility index (Phi) is 7.19. The van der Waals surface area contributed by atoms with E-state index in [-0.39, 0.29) is 17.5 Å². The van der Waals surface area contributed by atoms with Gasteiger partial charge in [0.05, 0.1) is 22.8 Å². The molecule has 0 atom stereocenters. The van der Waals surface area contributed by atoms with Gasteiger partial charge in [0.25, 0.3) is 0 Å². The summed E-state index contributed by atoms with van der Waals surface area (Å²) in [5.74, 6) is -1.00. The van der Waals surface area contributed by atoms with E-state index in [2.05, 4.69) is 10.4 Å². The molecule has 3 N–H and O–H groups in total. The SMILES string of the molecule is NC(=O)CSc1ccccc1NC(=O)C=Cc1cn(-c2ccccc2)nc1-c1ccc(F)cc1. The van der Waals surface area contributed by atoms with E-state index in [1.807, 2.05) is 48.7 Å². The van der Waals surface area contributed by atoms with Gasteiger partial charge in [-0.1, -0.05) is 30.3 Å². The number of carbonyl (C=O) groups excluding carboxylic acids is 2. The van der Waals surface area contributed by atoms with E-state index >= 15 is 0 Å². The van der Waals surface area contributed by atoms with Gasteiger partial charge in [0.1, 0.15) is 5.82 Å². The molecule has 6 nitrogen and oxygen atoms in total. The van der Waals surface area contributed by atoms with Crippen LogP contribution < -0.4 is 11.1 Å². The number of rotatable bonds is 8. The summed E-state index contributed by atoms with van der Waals surface area (Å²) in [6, 6.07) is 22.8. The van der Waals surface area contributed by atoms with Crippen molar-refractivity contribution in [3.63, 3.8) is 0 Å². The highest BCUT2D eigenvalue weighted by atomic mass is 32.2. The molecule has 0 bridgehead atoms. The highest BCUT2D eigenvalue weighted by molar-refractivity contribution is 8.00. The Hall–Kier alpha value is -4.17. The minimum absolute atomic E-state index is 0.114. The fraction of sp³-hybridized carbons (Fsp3) is 0.0385. The van der Waals surface area contributed by atoms with E-state index in [0.717, 1.165) is 16.1 Å². The molecule has 4 rings (SSSR count). The lowest BCUT2D eigenvalue weighted by Gasteiger charge is -2.08. The van der Waals surface area contributed by atoms with Gasteiger partial charge in [0.2, 0.25) is 11.8 Å². The summed E-state index contributed by atoms with van der Waals surface area (Å²) in [4.78, 5) is 24.5. The Bertz CT molecular complexity index is 1330. The molecule has 0 radical (unpaired) electrons. The van der Waals surface area contributed by atoms with Gasteiger partial charge in [-0.25, -0.2) is 9.07 Å². The molecule has 1 aromatic heterocycles. The normalized spacial score (nSPS) is 11.0. The Labute approximate surface area is 200 Å². The van der Waals surface area contributed by atoms with E-state index in [0.29, 0.717) is 16.9 Å². The first-order chi connectivity index (χ1) is 16.5. The van der Waals surface area contributed by atoms with Crippen molar-refractivity contribution in [2.45, 2.75) is 4.90 Å². The third-order valence-electron chi connectivity index (χ3n) is 4.81. The van der Waals surface area contributed by atoms with Crippen LogP contribution in [0.15, 0.2) is 96.0 Å². The number of primary amides is 1. The number of nitrogens with two attached hydrogens (primary N) is 1. The van der Waals surface area contributed by atoms with Crippen LogP contribution in [-0.4, -0.2) is 27.3 Å². The van der Waals surface area contributed by atoms with E-state index < -0.39 is 5.91 Å². The van der Waals surface area contributed by atoms with Crippen LogP contribution in [0.4, 0.5) is 10.1 Å². The second-order valence-electron chi connectivity index (χ2n) is 7.29. The zero-order valence-corrected chi connectivity index (χ0v) is 18.8. The molecule has 170 valence electrons.